The van der Waals surface area contributed by atoms with Crippen molar-refractivity contribution >= 4 is 5.91 Å². The fourth-order valence-electron chi connectivity index (χ4n) is 1.35. The van der Waals surface area contributed by atoms with Crippen molar-refractivity contribution in [1.29, 1.82) is 0 Å². The second-order valence-corrected chi connectivity index (χ2v) is 4.03. The lowest BCUT2D eigenvalue weighted by Crippen LogP contribution is -2.27. The molecule has 0 aliphatic heterocycles. The molecule has 5 nitrogen and oxygen atoms in total. The van der Waals surface area contributed by atoms with E-state index in [1.165, 1.54) is 32.0 Å². The number of carbonyl (C=O) groups is 1. The first kappa shape index (κ1) is 13.9. The number of ether oxygens (including phenoxy) is 1. The van der Waals surface area contributed by atoms with E-state index in [-0.39, 0.29) is 5.75 Å². The van der Waals surface area contributed by atoms with Crippen LogP contribution in [0.2, 0.25) is 0 Å². The van der Waals surface area contributed by atoms with Crippen LogP contribution in [0.5, 0.6) is 5.75 Å². The number of benzene rings is 1. The first-order valence-electron chi connectivity index (χ1n) is 5.03. The van der Waals surface area contributed by atoms with Gasteiger partial charge in [0.15, 0.2) is 0 Å². The molecule has 0 unspecified atom stereocenters. The molecule has 0 bridgehead atoms. The highest BCUT2D eigenvalue weighted by atomic mass is 19.3. The number of hydrogen-bond donors (Lipinski definition) is 0. The van der Waals surface area contributed by atoms with Crippen molar-refractivity contribution in [1.82, 2.24) is 0 Å². The minimum Gasteiger partial charge on any atom is -0.435 e. The zero-order valence-corrected chi connectivity index (χ0v) is 9.80. The summed E-state index contributed by atoms with van der Waals surface area (Å²) >= 11 is 0. The number of halogens is 2. The van der Waals surface area contributed by atoms with E-state index >= 15 is 0 Å². The number of alkyl halides is 2. The molecule has 0 aliphatic carbocycles. The molecule has 0 fully saturated rings. The van der Waals surface area contributed by atoms with Gasteiger partial charge in [0, 0.05) is 4.91 Å². The molecule has 0 saturated carbocycles. The molecular formula is C11H11F2N3O2. The molecule has 0 atom stereocenters. The van der Waals surface area contributed by atoms with Crippen molar-refractivity contribution < 1.29 is 18.3 Å². The van der Waals surface area contributed by atoms with Crippen molar-refractivity contribution in [3.63, 3.8) is 0 Å². The van der Waals surface area contributed by atoms with Gasteiger partial charge in [-0.15, -0.1) is 0 Å². The van der Waals surface area contributed by atoms with E-state index in [1.807, 2.05) is 0 Å². The van der Waals surface area contributed by atoms with Crippen LogP contribution in [0, 0.1) is 0 Å². The van der Waals surface area contributed by atoms with Gasteiger partial charge < -0.3 is 4.74 Å². The van der Waals surface area contributed by atoms with Crippen LogP contribution < -0.4 is 4.74 Å². The summed E-state index contributed by atoms with van der Waals surface area (Å²) in [6.07, 6.45) is 0. The number of amides is 1. The van der Waals surface area contributed by atoms with Gasteiger partial charge in [0.1, 0.15) is 5.75 Å². The van der Waals surface area contributed by atoms with Gasteiger partial charge in [-0.05, 0) is 42.2 Å². The lowest BCUT2D eigenvalue weighted by molar-refractivity contribution is -0.122. The minimum absolute atomic E-state index is 0.0516. The first-order chi connectivity index (χ1) is 8.37. The molecule has 18 heavy (non-hydrogen) atoms. The summed E-state index contributed by atoms with van der Waals surface area (Å²) in [5, 5.41) is 3.02. The van der Waals surface area contributed by atoms with E-state index in [2.05, 4.69) is 14.8 Å². The molecule has 0 saturated heterocycles. The zero-order chi connectivity index (χ0) is 13.8. The van der Waals surface area contributed by atoms with E-state index < -0.39 is 17.9 Å². The van der Waals surface area contributed by atoms with Crippen molar-refractivity contribution in [3.8, 4) is 5.75 Å². The SMILES string of the molecule is CC(C)(C(=O)N=[N+]=[N-])c1cccc(OC(F)F)c1. The number of hydrogen-bond acceptors (Lipinski definition) is 2. The smallest absolute Gasteiger partial charge is 0.387 e. The van der Waals surface area contributed by atoms with Crippen LogP contribution in [-0.4, -0.2) is 12.5 Å². The second kappa shape index (κ2) is 5.46. The Kier molecular flexibility index (Phi) is 4.23. The Bertz CT molecular complexity index is 497. The van der Waals surface area contributed by atoms with Crippen LogP contribution in [-0.2, 0) is 10.2 Å². The van der Waals surface area contributed by atoms with Gasteiger partial charge in [0.2, 0.25) is 5.91 Å². The lowest BCUT2D eigenvalue weighted by atomic mass is 9.84. The van der Waals surface area contributed by atoms with Crippen LogP contribution in [0.25, 0.3) is 10.4 Å². The van der Waals surface area contributed by atoms with Gasteiger partial charge in [-0.25, -0.2) is 0 Å². The third kappa shape index (κ3) is 3.18. The molecule has 1 amide bonds. The van der Waals surface area contributed by atoms with E-state index in [0.29, 0.717) is 5.56 Å². The fraction of sp³-hybridized carbons (Fsp3) is 0.364. The molecule has 1 aromatic rings. The standard InChI is InChI=1S/C11H11F2N3O2/c1-11(2,9(17)15-16-14)7-4-3-5-8(6-7)18-10(12)13/h3-6,10H,1-2H3. The average molecular weight is 255 g/mol. The maximum Gasteiger partial charge on any atom is 0.387 e. The molecule has 96 valence electrons. The molecule has 0 N–H and O–H groups in total. The predicted octanol–water partition coefficient (Wildman–Crippen LogP) is 3.40. The summed E-state index contributed by atoms with van der Waals surface area (Å²) < 4.78 is 28.4. The summed E-state index contributed by atoms with van der Waals surface area (Å²) in [5.41, 5.74) is 7.56. The van der Waals surface area contributed by atoms with Crippen molar-refractivity contribution in [2.45, 2.75) is 25.9 Å². The van der Waals surface area contributed by atoms with Gasteiger partial charge in [0.05, 0.1) is 5.41 Å². The first-order valence-corrected chi connectivity index (χ1v) is 5.03. The highest BCUT2D eigenvalue weighted by Gasteiger charge is 2.29. The van der Waals surface area contributed by atoms with E-state index in [0.717, 1.165) is 0 Å². The summed E-state index contributed by atoms with van der Waals surface area (Å²) in [6.45, 7) is 0.132. The Morgan fingerprint density at radius 3 is 2.72 bits per heavy atom. The number of carbonyl (C=O) groups excluding carboxylic acids is 1. The molecule has 7 heteroatoms. The van der Waals surface area contributed by atoms with Gasteiger partial charge >= 0.3 is 6.61 Å². The van der Waals surface area contributed by atoms with Crippen LogP contribution in [0.4, 0.5) is 8.78 Å². The molecule has 1 aromatic carbocycles. The van der Waals surface area contributed by atoms with Crippen LogP contribution in [0.1, 0.15) is 19.4 Å². The summed E-state index contributed by atoms with van der Waals surface area (Å²) in [4.78, 5) is 14.0. The molecule has 0 aliphatic rings. The van der Waals surface area contributed by atoms with Crippen molar-refractivity contribution in [3.05, 3.63) is 40.3 Å². The van der Waals surface area contributed by atoms with Crippen molar-refractivity contribution in [2.24, 2.45) is 5.11 Å². The second-order valence-electron chi connectivity index (χ2n) is 4.03. The summed E-state index contributed by atoms with van der Waals surface area (Å²) in [6, 6.07) is 5.72. The fourth-order valence-corrected chi connectivity index (χ4v) is 1.35. The highest BCUT2D eigenvalue weighted by molar-refractivity contribution is 5.88. The molecule has 0 radical (unpaired) electrons. The molecular weight excluding hydrogens is 244 g/mol. The average Bonchev–Trinajstić information content (AvgIpc) is 2.28. The quantitative estimate of drug-likeness (QED) is 0.469. The maximum atomic E-state index is 12.1. The number of rotatable bonds is 4. The largest absolute Gasteiger partial charge is 0.435 e. The topological polar surface area (TPSA) is 75.1 Å². The van der Waals surface area contributed by atoms with Crippen LogP contribution in [0.3, 0.4) is 0 Å². The summed E-state index contributed by atoms with van der Waals surface area (Å²) in [5.74, 6) is -0.747. The Balaban J connectivity index is 3.08. The Morgan fingerprint density at radius 2 is 2.17 bits per heavy atom. The molecule has 0 heterocycles. The van der Waals surface area contributed by atoms with Crippen molar-refractivity contribution in [2.75, 3.05) is 0 Å². The highest BCUT2D eigenvalue weighted by Crippen LogP contribution is 2.28. The Hall–Kier alpha value is -2.14. The van der Waals surface area contributed by atoms with Gasteiger partial charge in [-0.1, -0.05) is 12.1 Å². The summed E-state index contributed by atoms with van der Waals surface area (Å²) in [7, 11) is 0. The molecule has 0 spiro atoms. The van der Waals surface area contributed by atoms with Gasteiger partial charge in [-0.3, -0.25) is 4.79 Å². The van der Waals surface area contributed by atoms with E-state index in [9.17, 15) is 13.6 Å². The zero-order valence-electron chi connectivity index (χ0n) is 9.80. The Labute approximate surface area is 102 Å². The number of nitrogens with zero attached hydrogens (tertiary/aromatic N) is 3. The van der Waals surface area contributed by atoms with E-state index in [4.69, 9.17) is 5.53 Å². The number of azide groups is 1. The Morgan fingerprint density at radius 1 is 1.50 bits per heavy atom. The minimum atomic E-state index is -2.93. The lowest BCUT2D eigenvalue weighted by Gasteiger charge is -2.21. The third-order valence-corrected chi connectivity index (χ3v) is 2.45. The molecule has 1 rings (SSSR count). The third-order valence-electron chi connectivity index (χ3n) is 2.45. The van der Waals surface area contributed by atoms with Gasteiger partial charge in [0.25, 0.3) is 0 Å². The monoisotopic (exact) mass is 255 g/mol. The van der Waals surface area contributed by atoms with Gasteiger partial charge in [-0.2, -0.15) is 8.78 Å². The predicted molar refractivity (Wildman–Crippen MR) is 60.3 cm³/mol. The molecule has 0 aromatic heterocycles. The van der Waals surface area contributed by atoms with E-state index in [1.54, 1.807) is 6.07 Å². The van der Waals surface area contributed by atoms with Crippen LogP contribution >= 0.6 is 0 Å². The van der Waals surface area contributed by atoms with Crippen LogP contribution in [0.15, 0.2) is 29.4 Å². The normalized spacial score (nSPS) is 10.9. The maximum absolute atomic E-state index is 12.1.